The highest BCUT2D eigenvalue weighted by atomic mass is 19.4. The number of hydrogen-bond acceptors (Lipinski definition) is 6. The number of carboxylic acids is 1. The Hall–Kier alpha value is -4.56. The van der Waals surface area contributed by atoms with Gasteiger partial charge in [0.25, 0.3) is 0 Å². The molecule has 0 radical (unpaired) electrons. The van der Waals surface area contributed by atoms with E-state index < -0.39 is 12.1 Å². The van der Waals surface area contributed by atoms with Crippen LogP contribution in [0.4, 0.5) is 30.4 Å². The van der Waals surface area contributed by atoms with Crippen molar-refractivity contribution in [1.82, 2.24) is 14.9 Å². The first-order valence-electron chi connectivity index (χ1n) is 11.9. The lowest BCUT2D eigenvalue weighted by Crippen LogP contribution is -2.38. The van der Waals surface area contributed by atoms with Crippen LogP contribution in [0.2, 0.25) is 0 Å². The van der Waals surface area contributed by atoms with Crippen molar-refractivity contribution in [3.63, 3.8) is 0 Å². The molecule has 8 nitrogen and oxygen atoms in total. The predicted octanol–water partition coefficient (Wildman–Crippen LogP) is 5.41. The number of benzene rings is 2. The number of rotatable bonds is 5. The fourth-order valence-corrected chi connectivity index (χ4v) is 4.13. The second-order valence-electron chi connectivity index (χ2n) is 8.62. The first-order chi connectivity index (χ1) is 18.3. The number of pyridine rings is 1. The first-order valence-corrected chi connectivity index (χ1v) is 11.9. The molecule has 1 aliphatic heterocycles. The zero-order valence-electron chi connectivity index (χ0n) is 20.2. The summed E-state index contributed by atoms with van der Waals surface area (Å²) in [4.78, 5) is 8.90. The second-order valence-corrected chi connectivity index (χ2v) is 8.62. The fraction of sp³-hybridized carbons (Fsp3) is 0.222. The van der Waals surface area contributed by atoms with Crippen molar-refractivity contribution in [3.8, 4) is 17.2 Å². The molecule has 0 aliphatic carbocycles. The van der Waals surface area contributed by atoms with E-state index >= 15 is 0 Å². The molecule has 0 bridgehead atoms. The summed E-state index contributed by atoms with van der Waals surface area (Å²) >= 11 is 0. The maximum absolute atomic E-state index is 10.6. The molecule has 1 fully saturated rings. The molecule has 4 aromatic rings. The maximum atomic E-state index is 10.6. The maximum Gasteiger partial charge on any atom is 0.490 e. The molecular formula is C27H25F3N6O2. The molecular weight excluding hydrogens is 497 g/mol. The van der Waals surface area contributed by atoms with Crippen LogP contribution in [0, 0.1) is 11.3 Å². The lowest BCUT2D eigenvalue weighted by molar-refractivity contribution is -0.192. The van der Waals surface area contributed by atoms with Crippen molar-refractivity contribution in [2.75, 3.05) is 23.7 Å². The number of piperidine rings is 1. The number of alkyl halides is 3. The smallest absolute Gasteiger partial charge is 0.475 e. The van der Waals surface area contributed by atoms with Gasteiger partial charge in [-0.05, 0) is 48.7 Å². The molecule has 5 rings (SSSR count). The first kappa shape index (κ1) is 26.5. The Balaban J connectivity index is 0.000000426. The van der Waals surface area contributed by atoms with Crippen molar-refractivity contribution in [2.24, 2.45) is 0 Å². The van der Waals surface area contributed by atoms with E-state index in [0.717, 1.165) is 48.6 Å². The van der Waals surface area contributed by atoms with Gasteiger partial charge in [-0.3, -0.25) is 0 Å². The number of nitrogens with zero attached hydrogens (tertiary/aromatic N) is 3. The van der Waals surface area contributed by atoms with Crippen LogP contribution in [0.15, 0.2) is 72.9 Å². The SMILES string of the molecule is N#Cc1c(N[C@H]2CCCNC2)cc(Nc2ccc(-c3ccccc3)cc2)n2nccc12.O=C(O)C(F)(F)F. The lowest BCUT2D eigenvalue weighted by atomic mass is 10.1. The van der Waals surface area contributed by atoms with Crippen LogP contribution in [-0.4, -0.2) is 46.0 Å². The third-order valence-corrected chi connectivity index (χ3v) is 5.95. The molecule has 11 heteroatoms. The standard InChI is InChI=1S/C25H24N6.C2HF3O2/c26-16-22-23(29-21-7-4-13-27-17-21)15-25(31-24(22)12-14-28-31)30-20-10-8-19(9-11-20)18-5-2-1-3-6-18;3-2(4,5)1(6)7/h1-3,5-6,8-12,14-15,21,27,29-30H,4,7,13,17H2;(H,6,7)/t21-;/m0./s1. The largest absolute Gasteiger partial charge is 0.490 e. The molecule has 1 saturated heterocycles. The highest BCUT2D eigenvalue weighted by Gasteiger charge is 2.38. The zero-order chi connectivity index (χ0) is 27.1. The number of carboxylic acid groups (broad SMARTS) is 1. The van der Waals surface area contributed by atoms with Crippen LogP contribution in [0.25, 0.3) is 16.6 Å². The van der Waals surface area contributed by atoms with Gasteiger partial charge in [0.2, 0.25) is 0 Å². The Morgan fingerprint density at radius 1 is 1.11 bits per heavy atom. The topological polar surface area (TPSA) is 114 Å². The van der Waals surface area contributed by atoms with Crippen LogP contribution in [0.3, 0.4) is 0 Å². The summed E-state index contributed by atoms with van der Waals surface area (Å²) in [5.41, 5.74) is 5.57. The third kappa shape index (κ3) is 6.41. The fourth-order valence-electron chi connectivity index (χ4n) is 4.13. The predicted molar refractivity (Wildman–Crippen MR) is 138 cm³/mol. The normalized spacial score (nSPS) is 15.2. The number of halogens is 3. The van der Waals surface area contributed by atoms with E-state index in [4.69, 9.17) is 9.90 Å². The summed E-state index contributed by atoms with van der Waals surface area (Å²) in [5.74, 6) is -1.94. The van der Waals surface area contributed by atoms with Crippen molar-refractivity contribution < 1.29 is 23.1 Å². The average molecular weight is 523 g/mol. The number of fused-ring (bicyclic) bond motifs is 1. The molecule has 0 spiro atoms. The van der Waals surface area contributed by atoms with E-state index in [-0.39, 0.29) is 0 Å². The molecule has 38 heavy (non-hydrogen) atoms. The Morgan fingerprint density at radius 3 is 2.39 bits per heavy atom. The van der Waals surface area contributed by atoms with Crippen LogP contribution in [0.5, 0.6) is 0 Å². The number of hydrogen-bond donors (Lipinski definition) is 4. The minimum atomic E-state index is -5.08. The number of nitrogens with one attached hydrogen (secondary N) is 3. The molecule has 0 amide bonds. The number of anilines is 3. The zero-order valence-corrected chi connectivity index (χ0v) is 20.2. The van der Waals surface area contributed by atoms with Gasteiger partial charge in [-0.15, -0.1) is 0 Å². The van der Waals surface area contributed by atoms with Crippen molar-refractivity contribution in [2.45, 2.75) is 25.1 Å². The molecule has 0 unspecified atom stereocenters. The molecule has 2 aromatic carbocycles. The van der Waals surface area contributed by atoms with Gasteiger partial charge in [0.15, 0.2) is 0 Å². The van der Waals surface area contributed by atoms with Crippen LogP contribution in [-0.2, 0) is 4.79 Å². The van der Waals surface area contributed by atoms with Crippen molar-refractivity contribution in [3.05, 3.63) is 78.5 Å². The van der Waals surface area contributed by atoms with E-state index in [2.05, 4.69) is 63.5 Å². The van der Waals surface area contributed by atoms with E-state index in [1.54, 1.807) is 10.7 Å². The monoisotopic (exact) mass is 522 g/mol. The lowest BCUT2D eigenvalue weighted by Gasteiger charge is -2.26. The van der Waals surface area contributed by atoms with E-state index in [0.29, 0.717) is 11.6 Å². The summed E-state index contributed by atoms with van der Waals surface area (Å²) in [6, 6.07) is 25.2. The van der Waals surface area contributed by atoms with Crippen LogP contribution in [0.1, 0.15) is 18.4 Å². The number of aliphatic carboxylic acids is 1. The van der Waals surface area contributed by atoms with Gasteiger partial charge < -0.3 is 21.1 Å². The van der Waals surface area contributed by atoms with E-state index in [1.807, 2.05) is 30.3 Å². The van der Waals surface area contributed by atoms with E-state index in [1.165, 1.54) is 11.1 Å². The average Bonchev–Trinajstić information content (AvgIpc) is 3.40. The minimum Gasteiger partial charge on any atom is -0.475 e. The number of carbonyl (C=O) groups is 1. The molecule has 3 heterocycles. The van der Waals surface area contributed by atoms with Crippen molar-refractivity contribution in [1.29, 1.82) is 5.26 Å². The number of nitriles is 1. The number of aromatic nitrogens is 2. The molecule has 1 atom stereocenters. The van der Waals surface area contributed by atoms with Gasteiger partial charge in [-0.25, -0.2) is 9.31 Å². The summed E-state index contributed by atoms with van der Waals surface area (Å²) in [7, 11) is 0. The van der Waals surface area contributed by atoms with E-state index in [9.17, 15) is 18.4 Å². The van der Waals surface area contributed by atoms with Crippen molar-refractivity contribution >= 4 is 28.7 Å². The van der Waals surface area contributed by atoms with Gasteiger partial charge >= 0.3 is 12.1 Å². The summed E-state index contributed by atoms with van der Waals surface area (Å²) < 4.78 is 33.5. The Labute approximate surface area is 216 Å². The Bertz CT molecular complexity index is 1420. The Morgan fingerprint density at radius 2 is 1.79 bits per heavy atom. The van der Waals surface area contributed by atoms with Crippen LogP contribution < -0.4 is 16.0 Å². The molecule has 2 aromatic heterocycles. The Kier molecular flexibility index (Phi) is 8.13. The third-order valence-electron chi connectivity index (χ3n) is 5.95. The van der Waals surface area contributed by atoms with Gasteiger partial charge in [0.1, 0.15) is 17.5 Å². The summed E-state index contributed by atoms with van der Waals surface area (Å²) in [6.45, 7) is 1.95. The molecule has 1 aliphatic rings. The molecule has 0 saturated carbocycles. The highest BCUT2D eigenvalue weighted by molar-refractivity contribution is 5.79. The minimum absolute atomic E-state index is 0.309. The second kappa shape index (κ2) is 11.7. The quantitative estimate of drug-likeness (QED) is 0.277. The van der Waals surface area contributed by atoms with Gasteiger partial charge in [0, 0.05) is 24.3 Å². The summed E-state index contributed by atoms with van der Waals surface area (Å²) in [6.07, 6.45) is -1.13. The highest BCUT2D eigenvalue weighted by Crippen LogP contribution is 2.29. The molecule has 196 valence electrons. The van der Waals surface area contributed by atoms with Gasteiger partial charge in [-0.2, -0.15) is 23.5 Å². The van der Waals surface area contributed by atoms with Crippen LogP contribution >= 0.6 is 0 Å². The van der Waals surface area contributed by atoms with Gasteiger partial charge in [-0.1, -0.05) is 42.5 Å². The van der Waals surface area contributed by atoms with Gasteiger partial charge in [0.05, 0.1) is 17.4 Å². The molecule has 4 N–H and O–H groups in total. The summed E-state index contributed by atoms with van der Waals surface area (Å²) in [5, 5.41) is 31.8.